The Bertz CT molecular complexity index is 428. The van der Waals surface area contributed by atoms with Gasteiger partial charge in [0.1, 0.15) is 0 Å². The summed E-state index contributed by atoms with van der Waals surface area (Å²) in [4.78, 5) is 2.36. The summed E-state index contributed by atoms with van der Waals surface area (Å²) in [6, 6.07) is 4.81. The molecule has 106 valence electrons. The molecule has 19 heavy (non-hydrogen) atoms. The zero-order chi connectivity index (χ0) is 14.0. The average Bonchev–Trinajstić information content (AvgIpc) is 2.68. The topological polar surface area (TPSA) is 38.5 Å². The highest BCUT2D eigenvalue weighted by Crippen LogP contribution is 2.25. The summed E-state index contributed by atoms with van der Waals surface area (Å²) in [6.07, 6.45) is 0. The van der Waals surface area contributed by atoms with Gasteiger partial charge in [0.2, 0.25) is 0 Å². The third-order valence-electron chi connectivity index (χ3n) is 4.12. The average molecular weight is 266 g/mol. The number of ether oxygens (including phenoxy) is 1. The maximum absolute atomic E-state index is 13.7. The lowest BCUT2D eigenvalue weighted by Gasteiger charge is -2.21. The second-order valence-electron chi connectivity index (χ2n) is 5.67. The minimum absolute atomic E-state index is 0.155. The van der Waals surface area contributed by atoms with E-state index in [1.54, 1.807) is 6.07 Å². The molecule has 0 radical (unpaired) electrons. The van der Waals surface area contributed by atoms with Crippen molar-refractivity contribution in [2.24, 2.45) is 17.6 Å². The van der Waals surface area contributed by atoms with Crippen molar-refractivity contribution in [2.75, 3.05) is 26.7 Å². The molecule has 1 aromatic rings. The van der Waals surface area contributed by atoms with Crippen LogP contribution in [0.1, 0.15) is 25.5 Å². The Balaban J connectivity index is 2.00. The summed E-state index contributed by atoms with van der Waals surface area (Å²) in [7, 11) is 1.46. The van der Waals surface area contributed by atoms with Crippen molar-refractivity contribution in [2.45, 2.75) is 19.9 Å². The molecule has 1 aromatic carbocycles. The van der Waals surface area contributed by atoms with Crippen LogP contribution in [0.4, 0.5) is 4.39 Å². The van der Waals surface area contributed by atoms with Crippen LogP contribution in [-0.4, -0.2) is 31.6 Å². The normalized spacial score (nSPS) is 25.5. The first-order chi connectivity index (χ1) is 9.01. The summed E-state index contributed by atoms with van der Waals surface area (Å²) < 4.78 is 18.6. The summed E-state index contributed by atoms with van der Waals surface area (Å²) in [5.41, 5.74) is 7.00. The standard InChI is InChI=1S/C15H23FN2O/c1-10-7-18(8-11(10)2)9-14(17)12-4-5-15(19-3)13(16)6-12/h4-6,10-11,14H,7-9,17H2,1-3H3. The van der Waals surface area contributed by atoms with Gasteiger partial charge in [-0.1, -0.05) is 19.9 Å². The summed E-state index contributed by atoms with van der Waals surface area (Å²) in [5, 5.41) is 0. The molecule has 1 fully saturated rings. The van der Waals surface area contributed by atoms with Crippen molar-refractivity contribution in [3.63, 3.8) is 0 Å². The molecule has 4 heteroatoms. The van der Waals surface area contributed by atoms with E-state index in [4.69, 9.17) is 10.5 Å². The lowest BCUT2D eigenvalue weighted by molar-refractivity contribution is 0.302. The second-order valence-corrected chi connectivity index (χ2v) is 5.67. The van der Waals surface area contributed by atoms with Crippen LogP contribution >= 0.6 is 0 Å². The van der Waals surface area contributed by atoms with Crippen LogP contribution < -0.4 is 10.5 Å². The molecule has 0 aromatic heterocycles. The fourth-order valence-corrected chi connectivity index (χ4v) is 2.69. The molecular weight excluding hydrogens is 243 g/mol. The van der Waals surface area contributed by atoms with Gasteiger partial charge in [-0.3, -0.25) is 0 Å². The van der Waals surface area contributed by atoms with Gasteiger partial charge in [0.05, 0.1) is 7.11 Å². The highest BCUT2D eigenvalue weighted by molar-refractivity contribution is 5.31. The highest BCUT2D eigenvalue weighted by Gasteiger charge is 2.27. The van der Waals surface area contributed by atoms with E-state index in [0.29, 0.717) is 11.8 Å². The van der Waals surface area contributed by atoms with Crippen LogP contribution in [0.15, 0.2) is 18.2 Å². The molecular formula is C15H23FN2O. The van der Waals surface area contributed by atoms with E-state index < -0.39 is 0 Å². The quantitative estimate of drug-likeness (QED) is 0.909. The molecule has 0 bridgehead atoms. The monoisotopic (exact) mass is 266 g/mol. The molecule has 3 atom stereocenters. The molecule has 0 amide bonds. The van der Waals surface area contributed by atoms with E-state index in [1.807, 2.05) is 6.07 Å². The molecule has 1 heterocycles. The third kappa shape index (κ3) is 3.25. The van der Waals surface area contributed by atoms with Gasteiger partial charge in [-0.15, -0.1) is 0 Å². The molecule has 1 aliphatic heterocycles. The highest BCUT2D eigenvalue weighted by atomic mass is 19.1. The lowest BCUT2D eigenvalue weighted by Crippen LogP contribution is -2.30. The van der Waals surface area contributed by atoms with Gasteiger partial charge >= 0.3 is 0 Å². The van der Waals surface area contributed by atoms with Gasteiger partial charge in [0.25, 0.3) is 0 Å². The zero-order valence-electron chi connectivity index (χ0n) is 11.9. The van der Waals surface area contributed by atoms with E-state index in [0.717, 1.165) is 25.2 Å². The van der Waals surface area contributed by atoms with Gasteiger partial charge in [0, 0.05) is 25.7 Å². The van der Waals surface area contributed by atoms with E-state index in [2.05, 4.69) is 18.7 Å². The first kappa shape index (κ1) is 14.3. The number of nitrogens with zero attached hydrogens (tertiary/aromatic N) is 1. The molecule has 1 aliphatic rings. The molecule has 2 N–H and O–H groups in total. The molecule has 2 rings (SSSR count). The number of halogens is 1. The van der Waals surface area contributed by atoms with E-state index in [1.165, 1.54) is 13.2 Å². The van der Waals surface area contributed by atoms with E-state index >= 15 is 0 Å². The van der Waals surface area contributed by atoms with Crippen LogP contribution in [0.2, 0.25) is 0 Å². The van der Waals surface area contributed by atoms with Gasteiger partial charge in [0.15, 0.2) is 11.6 Å². The van der Waals surface area contributed by atoms with Crippen LogP contribution in [0.3, 0.4) is 0 Å². The smallest absolute Gasteiger partial charge is 0.165 e. The molecule has 0 aliphatic carbocycles. The van der Waals surface area contributed by atoms with Crippen molar-refractivity contribution in [3.05, 3.63) is 29.6 Å². The number of hydrogen-bond acceptors (Lipinski definition) is 3. The first-order valence-electron chi connectivity index (χ1n) is 6.82. The Kier molecular flexibility index (Phi) is 4.42. The fraction of sp³-hybridized carbons (Fsp3) is 0.600. The summed E-state index contributed by atoms with van der Waals surface area (Å²) >= 11 is 0. The molecule has 1 saturated heterocycles. The van der Waals surface area contributed by atoms with Gasteiger partial charge in [-0.25, -0.2) is 4.39 Å². The van der Waals surface area contributed by atoms with Gasteiger partial charge < -0.3 is 15.4 Å². The number of benzene rings is 1. The maximum atomic E-state index is 13.7. The van der Waals surface area contributed by atoms with Crippen molar-refractivity contribution >= 4 is 0 Å². The SMILES string of the molecule is COc1ccc(C(N)CN2CC(C)C(C)C2)cc1F. The molecule has 0 spiro atoms. The van der Waals surface area contributed by atoms with Crippen molar-refractivity contribution < 1.29 is 9.13 Å². The van der Waals surface area contributed by atoms with Crippen molar-refractivity contribution in [3.8, 4) is 5.75 Å². The Morgan fingerprint density at radius 3 is 2.53 bits per heavy atom. The van der Waals surface area contributed by atoms with E-state index in [-0.39, 0.29) is 17.6 Å². The van der Waals surface area contributed by atoms with Gasteiger partial charge in [-0.2, -0.15) is 0 Å². The zero-order valence-corrected chi connectivity index (χ0v) is 11.9. The van der Waals surface area contributed by atoms with Crippen LogP contribution in [0, 0.1) is 17.7 Å². The van der Waals surface area contributed by atoms with Crippen molar-refractivity contribution in [1.82, 2.24) is 4.90 Å². The largest absolute Gasteiger partial charge is 0.494 e. The molecule has 3 nitrogen and oxygen atoms in total. The van der Waals surface area contributed by atoms with E-state index in [9.17, 15) is 4.39 Å². The predicted molar refractivity (Wildman–Crippen MR) is 74.6 cm³/mol. The Hall–Kier alpha value is -1.13. The van der Waals surface area contributed by atoms with Crippen LogP contribution in [0.25, 0.3) is 0 Å². The number of likely N-dealkylation sites (tertiary alicyclic amines) is 1. The minimum atomic E-state index is -0.349. The maximum Gasteiger partial charge on any atom is 0.165 e. The van der Waals surface area contributed by atoms with Crippen LogP contribution in [-0.2, 0) is 0 Å². The number of nitrogens with two attached hydrogens (primary N) is 1. The summed E-state index contributed by atoms with van der Waals surface area (Å²) in [6.45, 7) is 7.47. The van der Waals surface area contributed by atoms with Crippen LogP contribution in [0.5, 0.6) is 5.75 Å². The Morgan fingerprint density at radius 1 is 1.37 bits per heavy atom. The fourth-order valence-electron chi connectivity index (χ4n) is 2.69. The number of rotatable bonds is 4. The summed E-state index contributed by atoms with van der Waals surface area (Å²) in [5.74, 6) is 1.33. The Labute approximate surface area is 114 Å². The number of methoxy groups -OCH3 is 1. The number of hydrogen-bond donors (Lipinski definition) is 1. The minimum Gasteiger partial charge on any atom is -0.494 e. The lowest BCUT2D eigenvalue weighted by atomic mass is 10.0. The van der Waals surface area contributed by atoms with Gasteiger partial charge in [-0.05, 0) is 29.5 Å². The predicted octanol–water partition coefficient (Wildman–Crippen LogP) is 2.42. The first-order valence-corrected chi connectivity index (χ1v) is 6.82. The third-order valence-corrected chi connectivity index (χ3v) is 4.12. The molecule has 0 saturated carbocycles. The second kappa shape index (κ2) is 5.88. The van der Waals surface area contributed by atoms with Crippen molar-refractivity contribution in [1.29, 1.82) is 0 Å². The Morgan fingerprint density at radius 2 is 2.00 bits per heavy atom. The molecule has 3 unspecified atom stereocenters.